The van der Waals surface area contributed by atoms with E-state index in [0.29, 0.717) is 21.9 Å². The molecule has 0 aliphatic heterocycles. The maximum atomic E-state index is 12.3. The number of methoxy groups -OCH3 is 1. The van der Waals surface area contributed by atoms with Gasteiger partial charge in [-0.25, -0.2) is 9.42 Å². The van der Waals surface area contributed by atoms with E-state index in [1.54, 1.807) is 42.5 Å². The Kier molecular flexibility index (Phi) is 6.05. The number of nitrogen functional groups attached to an aromatic ring is 1. The fraction of sp³-hybridized carbons (Fsp3) is 0.0556. The van der Waals surface area contributed by atoms with Gasteiger partial charge in [-0.05, 0) is 58.3 Å². The van der Waals surface area contributed by atoms with Gasteiger partial charge in [-0.1, -0.05) is 11.6 Å². The van der Waals surface area contributed by atoms with E-state index in [0.717, 1.165) is 0 Å². The minimum atomic E-state index is -0.544. The van der Waals surface area contributed by atoms with E-state index >= 15 is 0 Å². The number of hydrogen-bond acceptors (Lipinski definition) is 9. The second kappa shape index (κ2) is 8.85. The van der Waals surface area contributed by atoms with Gasteiger partial charge in [0.1, 0.15) is 0 Å². The highest BCUT2D eigenvalue weighted by atomic mass is 35.5. The van der Waals surface area contributed by atoms with Gasteiger partial charge in [0.2, 0.25) is 0 Å². The molecule has 0 unspecified atom stereocenters. The second-order valence-corrected chi connectivity index (χ2v) is 5.97. The SMILES string of the molecule is COc1cc(/C=N/N=C(\N)c2nonc2N)ccc1OC(=O)c1ccc(Cl)cc1. The van der Waals surface area contributed by atoms with Crippen molar-refractivity contribution in [3.63, 3.8) is 0 Å². The van der Waals surface area contributed by atoms with E-state index in [4.69, 9.17) is 32.5 Å². The van der Waals surface area contributed by atoms with Crippen LogP contribution < -0.4 is 20.9 Å². The molecule has 29 heavy (non-hydrogen) atoms. The number of hydrogen-bond donors (Lipinski definition) is 2. The number of nitrogens with two attached hydrogens (primary N) is 2. The lowest BCUT2D eigenvalue weighted by molar-refractivity contribution is 0.0729. The Morgan fingerprint density at radius 2 is 1.93 bits per heavy atom. The van der Waals surface area contributed by atoms with Crippen LogP contribution in [0.1, 0.15) is 21.6 Å². The summed E-state index contributed by atoms with van der Waals surface area (Å²) in [5.41, 5.74) is 12.3. The Bertz CT molecular complexity index is 1080. The molecule has 0 spiro atoms. The van der Waals surface area contributed by atoms with Crippen LogP contribution in [0, 0.1) is 0 Å². The van der Waals surface area contributed by atoms with Gasteiger partial charge in [-0.2, -0.15) is 5.10 Å². The number of aromatic nitrogens is 2. The average molecular weight is 415 g/mol. The molecule has 2 aromatic carbocycles. The van der Waals surface area contributed by atoms with Crippen molar-refractivity contribution in [3.8, 4) is 11.5 Å². The summed E-state index contributed by atoms with van der Waals surface area (Å²) < 4.78 is 15.1. The lowest BCUT2D eigenvalue weighted by Gasteiger charge is -2.10. The zero-order valence-corrected chi connectivity index (χ0v) is 15.8. The quantitative estimate of drug-likeness (QED) is 0.205. The fourth-order valence-corrected chi connectivity index (χ4v) is 2.30. The number of esters is 1. The summed E-state index contributed by atoms with van der Waals surface area (Å²) in [7, 11) is 1.45. The van der Waals surface area contributed by atoms with Gasteiger partial charge in [-0.15, -0.1) is 5.10 Å². The third kappa shape index (κ3) is 4.87. The summed E-state index contributed by atoms with van der Waals surface area (Å²) in [4.78, 5) is 12.3. The minimum absolute atomic E-state index is 0.00924. The highest BCUT2D eigenvalue weighted by Gasteiger charge is 2.13. The molecule has 1 heterocycles. The monoisotopic (exact) mass is 414 g/mol. The first-order valence-electron chi connectivity index (χ1n) is 8.08. The molecule has 148 valence electrons. The average Bonchev–Trinajstić information content (AvgIpc) is 3.15. The molecule has 4 N–H and O–H groups in total. The zero-order valence-electron chi connectivity index (χ0n) is 15.1. The van der Waals surface area contributed by atoms with E-state index in [9.17, 15) is 4.79 Å². The highest BCUT2D eigenvalue weighted by Crippen LogP contribution is 2.28. The largest absolute Gasteiger partial charge is 0.493 e. The second-order valence-electron chi connectivity index (χ2n) is 5.53. The van der Waals surface area contributed by atoms with Gasteiger partial charge >= 0.3 is 5.97 Å². The van der Waals surface area contributed by atoms with Crippen molar-refractivity contribution in [1.82, 2.24) is 10.3 Å². The van der Waals surface area contributed by atoms with Crippen molar-refractivity contribution < 1.29 is 18.9 Å². The van der Waals surface area contributed by atoms with Crippen LogP contribution in [0.4, 0.5) is 5.82 Å². The summed E-state index contributed by atoms with van der Waals surface area (Å²) in [5.74, 6) is -0.0137. The van der Waals surface area contributed by atoms with Crippen molar-refractivity contribution in [1.29, 1.82) is 0 Å². The van der Waals surface area contributed by atoms with E-state index in [1.807, 2.05) is 0 Å². The fourth-order valence-electron chi connectivity index (χ4n) is 2.17. The highest BCUT2D eigenvalue weighted by molar-refractivity contribution is 6.30. The van der Waals surface area contributed by atoms with E-state index in [1.165, 1.54) is 13.3 Å². The zero-order chi connectivity index (χ0) is 20.8. The summed E-state index contributed by atoms with van der Waals surface area (Å²) in [6.45, 7) is 0. The number of carbonyl (C=O) groups excluding carboxylic acids is 1. The Morgan fingerprint density at radius 3 is 2.59 bits per heavy atom. The van der Waals surface area contributed by atoms with Gasteiger partial charge in [0, 0.05) is 5.02 Å². The number of benzene rings is 2. The minimum Gasteiger partial charge on any atom is -0.493 e. The van der Waals surface area contributed by atoms with Crippen molar-refractivity contribution in [2.24, 2.45) is 15.9 Å². The van der Waals surface area contributed by atoms with Crippen molar-refractivity contribution in [2.75, 3.05) is 12.8 Å². The summed E-state index contributed by atoms with van der Waals surface area (Å²) in [6, 6.07) is 11.2. The Balaban J connectivity index is 1.74. The Morgan fingerprint density at radius 1 is 1.17 bits per heavy atom. The molecule has 0 aliphatic carbocycles. The van der Waals surface area contributed by atoms with Crippen molar-refractivity contribution >= 4 is 35.4 Å². The predicted octanol–water partition coefficient (Wildman–Crippen LogP) is 2.27. The lowest BCUT2D eigenvalue weighted by Crippen LogP contribution is -2.15. The van der Waals surface area contributed by atoms with E-state index in [-0.39, 0.29) is 23.1 Å². The number of ether oxygens (including phenoxy) is 2. The molecule has 0 amide bonds. The molecule has 0 bridgehead atoms. The van der Waals surface area contributed by atoms with Crippen molar-refractivity contribution in [3.05, 3.63) is 64.3 Å². The molecule has 3 rings (SSSR count). The molecule has 0 saturated heterocycles. The number of halogens is 1. The van der Waals surface area contributed by atoms with Crippen LogP contribution in [0.5, 0.6) is 11.5 Å². The Hall–Kier alpha value is -3.92. The molecule has 11 heteroatoms. The molecule has 0 atom stereocenters. The number of rotatable bonds is 6. The number of carbonyl (C=O) groups is 1. The maximum absolute atomic E-state index is 12.3. The lowest BCUT2D eigenvalue weighted by atomic mass is 10.2. The first kappa shape index (κ1) is 19.8. The third-order valence-electron chi connectivity index (χ3n) is 3.60. The van der Waals surface area contributed by atoms with Gasteiger partial charge in [0.05, 0.1) is 18.9 Å². The summed E-state index contributed by atoms with van der Waals surface area (Å²) >= 11 is 5.82. The van der Waals surface area contributed by atoms with Crippen LogP contribution in [0.25, 0.3) is 0 Å². The number of amidine groups is 1. The molecule has 10 nitrogen and oxygen atoms in total. The van der Waals surface area contributed by atoms with E-state index in [2.05, 4.69) is 25.1 Å². The molecular weight excluding hydrogens is 400 g/mol. The van der Waals surface area contributed by atoms with Gasteiger partial charge in [-0.3, -0.25) is 0 Å². The first-order valence-corrected chi connectivity index (χ1v) is 8.46. The van der Waals surface area contributed by atoms with Crippen LogP contribution in [-0.4, -0.2) is 35.4 Å². The molecule has 0 radical (unpaired) electrons. The van der Waals surface area contributed by atoms with Gasteiger partial charge in [0.15, 0.2) is 28.8 Å². The van der Waals surface area contributed by atoms with Crippen LogP contribution in [0.15, 0.2) is 57.3 Å². The molecule has 3 aromatic rings. The summed E-state index contributed by atoms with van der Waals surface area (Å²) in [5, 5.41) is 15.1. The molecule has 0 saturated carbocycles. The Labute approximate surface area is 169 Å². The molecule has 1 aromatic heterocycles. The molecule has 0 fully saturated rings. The number of anilines is 1. The van der Waals surface area contributed by atoms with Crippen LogP contribution in [0.3, 0.4) is 0 Å². The predicted molar refractivity (Wildman–Crippen MR) is 106 cm³/mol. The molecule has 0 aliphatic rings. The smallest absolute Gasteiger partial charge is 0.343 e. The first-order chi connectivity index (χ1) is 14.0. The topological polar surface area (TPSA) is 151 Å². The van der Waals surface area contributed by atoms with Crippen molar-refractivity contribution in [2.45, 2.75) is 0 Å². The van der Waals surface area contributed by atoms with Crippen LogP contribution >= 0.6 is 11.6 Å². The third-order valence-corrected chi connectivity index (χ3v) is 3.85. The maximum Gasteiger partial charge on any atom is 0.343 e. The molecular formula is C18H15ClN6O4. The van der Waals surface area contributed by atoms with E-state index < -0.39 is 5.97 Å². The normalized spacial score (nSPS) is 11.6. The summed E-state index contributed by atoms with van der Waals surface area (Å²) in [6.07, 6.45) is 1.42. The van der Waals surface area contributed by atoms with Crippen LogP contribution in [0.2, 0.25) is 5.02 Å². The van der Waals surface area contributed by atoms with Gasteiger partial charge < -0.3 is 20.9 Å². The van der Waals surface area contributed by atoms with Crippen LogP contribution in [-0.2, 0) is 0 Å². The van der Waals surface area contributed by atoms with Gasteiger partial charge in [0.25, 0.3) is 0 Å². The number of nitrogens with zero attached hydrogens (tertiary/aromatic N) is 4. The standard InChI is InChI=1S/C18H15ClN6O4/c1-27-14-8-10(9-22-23-16(20)15-17(21)25-29-24-15)2-7-13(14)28-18(26)11-3-5-12(19)6-4-11/h2-9H,1H3,(H2,20,23)(H2,21,25)/b22-9+.